The minimum absolute atomic E-state index is 0.518. The van der Waals surface area contributed by atoms with Gasteiger partial charge in [0.15, 0.2) is 0 Å². The molecule has 0 atom stereocenters. The lowest BCUT2D eigenvalue weighted by Crippen LogP contribution is -2.36. The molecule has 2 fully saturated rings. The van der Waals surface area contributed by atoms with Gasteiger partial charge in [-0.15, -0.1) is 0 Å². The number of morpholine rings is 1. The molecule has 2 aromatic rings. The third-order valence-electron chi connectivity index (χ3n) is 5.02. The summed E-state index contributed by atoms with van der Waals surface area (Å²) >= 11 is 0. The standard InChI is InChI=1S/C18H25N5O/c1-2-16(12-19-5-1)14-21-6-3-17(4-7-21)23-15-18(13-20-23)22-8-10-24-11-9-22/h1-2,5,12-13,15,17H,3-4,6-11,14H2. The number of aromatic nitrogens is 3. The zero-order valence-corrected chi connectivity index (χ0v) is 14.0. The molecule has 0 bridgehead atoms. The van der Waals surface area contributed by atoms with Gasteiger partial charge in [0.1, 0.15) is 0 Å². The molecule has 6 heteroatoms. The summed E-state index contributed by atoms with van der Waals surface area (Å²) in [6, 6.07) is 4.69. The number of nitrogens with zero attached hydrogens (tertiary/aromatic N) is 5. The highest BCUT2D eigenvalue weighted by Gasteiger charge is 2.22. The van der Waals surface area contributed by atoms with E-state index in [1.54, 1.807) is 0 Å². The number of rotatable bonds is 4. The molecule has 128 valence electrons. The maximum Gasteiger partial charge on any atom is 0.0754 e. The van der Waals surface area contributed by atoms with Gasteiger partial charge in [-0.1, -0.05) is 6.07 Å². The van der Waals surface area contributed by atoms with Crippen LogP contribution in [0.1, 0.15) is 24.4 Å². The third kappa shape index (κ3) is 3.60. The Bertz CT molecular complexity index is 630. The van der Waals surface area contributed by atoms with Crippen LogP contribution >= 0.6 is 0 Å². The van der Waals surface area contributed by atoms with Gasteiger partial charge in [0.2, 0.25) is 0 Å². The summed E-state index contributed by atoms with van der Waals surface area (Å²) in [5, 5.41) is 4.63. The lowest BCUT2D eigenvalue weighted by molar-refractivity contribution is 0.122. The van der Waals surface area contributed by atoms with E-state index in [0.717, 1.165) is 58.8 Å². The van der Waals surface area contributed by atoms with Crippen LogP contribution in [0, 0.1) is 0 Å². The second-order valence-corrected chi connectivity index (χ2v) is 6.65. The molecule has 2 saturated heterocycles. The van der Waals surface area contributed by atoms with Gasteiger partial charge in [-0.25, -0.2) is 0 Å². The first-order valence-corrected chi connectivity index (χ1v) is 8.86. The van der Waals surface area contributed by atoms with Gasteiger partial charge >= 0.3 is 0 Å². The van der Waals surface area contributed by atoms with Crippen LogP contribution in [-0.2, 0) is 11.3 Å². The zero-order chi connectivity index (χ0) is 16.2. The second kappa shape index (κ2) is 7.32. The number of hydrogen-bond acceptors (Lipinski definition) is 5. The first kappa shape index (κ1) is 15.6. The van der Waals surface area contributed by atoms with Crippen LogP contribution in [0.25, 0.3) is 0 Å². The molecule has 4 heterocycles. The summed E-state index contributed by atoms with van der Waals surface area (Å²) in [6.45, 7) is 6.80. The molecule has 0 N–H and O–H groups in total. The number of anilines is 1. The maximum atomic E-state index is 5.43. The molecule has 4 rings (SSSR count). The lowest BCUT2D eigenvalue weighted by atomic mass is 10.0. The molecule has 2 aliphatic heterocycles. The minimum atomic E-state index is 0.518. The van der Waals surface area contributed by atoms with Gasteiger partial charge in [-0.05, 0) is 24.5 Å². The fraction of sp³-hybridized carbons (Fsp3) is 0.556. The van der Waals surface area contributed by atoms with E-state index in [-0.39, 0.29) is 0 Å². The van der Waals surface area contributed by atoms with Gasteiger partial charge in [0.25, 0.3) is 0 Å². The van der Waals surface area contributed by atoms with Crippen molar-refractivity contribution in [2.75, 3.05) is 44.3 Å². The highest BCUT2D eigenvalue weighted by Crippen LogP contribution is 2.25. The Morgan fingerprint density at radius 2 is 1.92 bits per heavy atom. The van der Waals surface area contributed by atoms with E-state index >= 15 is 0 Å². The first-order valence-electron chi connectivity index (χ1n) is 8.86. The van der Waals surface area contributed by atoms with Gasteiger partial charge < -0.3 is 9.64 Å². The van der Waals surface area contributed by atoms with E-state index in [9.17, 15) is 0 Å². The van der Waals surface area contributed by atoms with Crippen LogP contribution in [0.2, 0.25) is 0 Å². The fourth-order valence-corrected chi connectivity index (χ4v) is 3.60. The van der Waals surface area contributed by atoms with Crippen LogP contribution in [0.5, 0.6) is 0 Å². The Morgan fingerprint density at radius 1 is 1.08 bits per heavy atom. The molecule has 0 aliphatic carbocycles. The predicted octanol–water partition coefficient (Wildman–Crippen LogP) is 1.95. The van der Waals surface area contributed by atoms with E-state index in [0.29, 0.717) is 6.04 Å². The van der Waals surface area contributed by atoms with Crippen LogP contribution in [-0.4, -0.2) is 59.1 Å². The van der Waals surface area contributed by atoms with Crippen molar-refractivity contribution in [3.63, 3.8) is 0 Å². The maximum absolute atomic E-state index is 5.43. The van der Waals surface area contributed by atoms with Gasteiger partial charge in [0, 0.05) is 51.3 Å². The van der Waals surface area contributed by atoms with Gasteiger partial charge in [-0.2, -0.15) is 5.10 Å². The van der Waals surface area contributed by atoms with Gasteiger partial charge in [-0.3, -0.25) is 14.6 Å². The second-order valence-electron chi connectivity index (χ2n) is 6.65. The monoisotopic (exact) mass is 327 g/mol. The summed E-state index contributed by atoms with van der Waals surface area (Å²) in [4.78, 5) is 9.08. The third-order valence-corrected chi connectivity index (χ3v) is 5.02. The van der Waals surface area contributed by atoms with Crippen molar-refractivity contribution < 1.29 is 4.74 Å². The largest absolute Gasteiger partial charge is 0.378 e. The van der Waals surface area contributed by atoms with Crippen molar-refractivity contribution in [1.29, 1.82) is 0 Å². The first-order chi connectivity index (χ1) is 11.9. The lowest BCUT2D eigenvalue weighted by Gasteiger charge is -2.32. The van der Waals surface area contributed by atoms with Crippen molar-refractivity contribution in [3.8, 4) is 0 Å². The molecule has 0 radical (unpaired) electrons. The SMILES string of the molecule is c1cncc(CN2CCC(n3cc(N4CCOCC4)cn3)CC2)c1. The number of hydrogen-bond donors (Lipinski definition) is 0. The molecule has 2 aromatic heterocycles. The molecular formula is C18H25N5O. The molecule has 2 aliphatic rings. The van der Waals surface area contributed by atoms with Crippen molar-refractivity contribution >= 4 is 5.69 Å². The van der Waals surface area contributed by atoms with Crippen LogP contribution in [0.4, 0.5) is 5.69 Å². The Kier molecular flexibility index (Phi) is 4.76. The molecule has 6 nitrogen and oxygen atoms in total. The van der Waals surface area contributed by atoms with E-state index in [2.05, 4.69) is 36.8 Å². The summed E-state index contributed by atoms with van der Waals surface area (Å²) < 4.78 is 7.60. The molecule has 24 heavy (non-hydrogen) atoms. The molecule has 0 unspecified atom stereocenters. The van der Waals surface area contributed by atoms with E-state index in [4.69, 9.17) is 4.74 Å². The molecule has 0 aromatic carbocycles. The average Bonchev–Trinajstić information content (AvgIpc) is 3.14. The average molecular weight is 327 g/mol. The normalized spacial score (nSPS) is 20.4. The quantitative estimate of drug-likeness (QED) is 0.859. The number of ether oxygens (including phenoxy) is 1. The van der Waals surface area contributed by atoms with Crippen molar-refractivity contribution in [1.82, 2.24) is 19.7 Å². The molecule has 0 spiro atoms. The number of piperidine rings is 1. The van der Waals surface area contributed by atoms with Crippen molar-refractivity contribution in [2.45, 2.75) is 25.4 Å². The van der Waals surface area contributed by atoms with Crippen LogP contribution in [0.3, 0.4) is 0 Å². The summed E-state index contributed by atoms with van der Waals surface area (Å²) in [6.07, 6.45) is 10.3. The number of pyridine rings is 1. The Hall–Kier alpha value is -1.92. The van der Waals surface area contributed by atoms with Gasteiger partial charge in [0.05, 0.1) is 31.1 Å². The van der Waals surface area contributed by atoms with Crippen molar-refractivity contribution in [3.05, 3.63) is 42.5 Å². The fourth-order valence-electron chi connectivity index (χ4n) is 3.60. The van der Waals surface area contributed by atoms with Crippen LogP contribution in [0.15, 0.2) is 36.9 Å². The van der Waals surface area contributed by atoms with E-state index in [1.165, 1.54) is 11.3 Å². The summed E-state index contributed by atoms with van der Waals surface area (Å²) in [5.74, 6) is 0. The smallest absolute Gasteiger partial charge is 0.0754 e. The van der Waals surface area contributed by atoms with Crippen LogP contribution < -0.4 is 4.90 Å². The zero-order valence-electron chi connectivity index (χ0n) is 14.0. The van der Waals surface area contributed by atoms with E-state index in [1.807, 2.05) is 24.7 Å². The minimum Gasteiger partial charge on any atom is -0.378 e. The number of likely N-dealkylation sites (tertiary alicyclic amines) is 1. The van der Waals surface area contributed by atoms with Crippen molar-refractivity contribution in [2.24, 2.45) is 0 Å². The molecule has 0 amide bonds. The summed E-state index contributed by atoms with van der Waals surface area (Å²) in [5.41, 5.74) is 2.53. The Labute approximate surface area is 143 Å². The topological polar surface area (TPSA) is 46.4 Å². The summed E-state index contributed by atoms with van der Waals surface area (Å²) in [7, 11) is 0. The highest BCUT2D eigenvalue weighted by atomic mass is 16.5. The Balaban J connectivity index is 1.32. The predicted molar refractivity (Wildman–Crippen MR) is 93.0 cm³/mol. The highest BCUT2D eigenvalue weighted by molar-refractivity contribution is 5.42. The molecular weight excluding hydrogens is 302 g/mol. The molecule has 0 saturated carbocycles. The van der Waals surface area contributed by atoms with E-state index < -0.39 is 0 Å². The Morgan fingerprint density at radius 3 is 2.67 bits per heavy atom.